The highest BCUT2D eigenvalue weighted by Gasteiger charge is 2.32. The second-order valence-corrected chi connectivity index (χ2v) is 6.00. The summed E-state index contributed by atoms with van der Waals surface area (Å²) in [5, 5.41) is 0. The normalized spacial score (nSPS) is 20.0. The van der Waals surface area contributed by atoms with Gasteiger partial charge < -0.3 is 14.5 Å². The van der Waals surface area contributed by atoms with Crippen LogP contribution in [0.3, 0.4) is 0 Å². The molecular formula is C5H14O7P2. The Balaban J connectivity index is 4.07. The van der Waals surface area contributed by atoms with Crippen molar-refractivity contribution in [2.45, 2.75) is 13.8 Å². The molecule has 0 radical (unpaired) electrons. The van der Waals surface area contributed by atoms with E-state index in [2.05, 4.69) is 13.6 Å². The molecule has 2 unspecified atom stereocenters. The Bertz CT molecular complexity index is 252. The van der Waals surface area contributed by atoms with Gasteiger partial charge in [-0.05, 0) is 6.92 Å². The van der Waals surface area contributed by atoms with Gasteiger partial charge in [0.15, 0.2) is 6.79 Å². The van der Waals surface area contributed by atoms with Crippen LogP contribution in [0.2, 0.25) is 0 Å². The van der Waals surface area contributed by atoms with Crippen LogP contribution in [-0.2, 0) is 22.7 Å². The topological polar surface area (TPSA) is 102 Å². The summed E-state index contributed by atoms with van der Waals surface area (Å²) >= 11 is 0. The maximum absolute atomic E-state index is 11.0. The molecule has 0 aliphatic carbocycles. The van der Waals surface area contributed by atoms with E-state index in [1.54, 1.807) is 6.92 Å². The second-order valence-electron chi connectivity index (χ2n) is 2.24. The third-order valence-electron chi connectivity index (χ3n) is 1.13. The van der Waals surface area contributed by atoms with Gasteiger partial charge in [0.1, 0.15) is 0 Å². The third-order valence-corrected chi connectivity index (χ3v) is 4.21. The minimum atomic E-state index is -4.50. The van der Waals surface area contributed by atoms with Crippen molar-refractivity contribution in [2.75, 3.05) is 19.6 Å². The maximum atomic E-state index is 11.0. The molecule has 86 valence electrons. The maximum Gasteiger partial charge on any atom is 0.481 e. The molecule has 0 amide bonds. The molecule has 0 aromatic heterocycles. The Hall–Kier alpha value is 0.260. The van der Waals surface area contributed by atoms with Gasteiger partial charge in [-0.1, -0.05) is 6.92 Å². The van der Waals surface area contributed by atoms with Crippen LogP contribution in [0.4, 0.5) is 0 Å². The first-order valence-electron chi connectivity index (χ1n) is 3.91. The lowest BCUT2D eigenvalue weighted by atomic mass is 10.9. The zero-order valence-electron chi connectivity index (χ0n) is 7.95. The van der Waals surface area contributed by atoms with Crippen molar-refractivity contribution < 1.29 is 32.5 Å². The summed E-state index contributed by atoms with van der Waals surface area (Å²) in [4.78, 5) is 17.8. The fraction of sp³-hybridized carbons (Fsp3) is 1.00. The molecule has 0 aromatic carbocycles. The molecule has 0 saturated heterocycles. The predicted molar refractivity (Wildman–Crippen MR) is 48.9 cm³/mol. The van der Waals surface area contributed by atoms with Crippen LogP contribution in [0.15, 0.2) is 0 Å². The molecule has 0 aliphatic heterocycles. The summed E-state index contributed by atoms with van der Waals surface area (Å²) in [6.45, 7) is 2.84. The van der Waals surface area contributed by atoms with E-state index in [4.69, 9.17) is 9.79 Å². The molecule has 0 rings (SSSR count). The van der Waals surface area contributed by atoms with E-state index in [0.29, 0.717) is 6.61 Å². The average Bonchev–Trinajstić information content (AvgIpc) is 2.03. The van der Waals surface area contributed by atoms with Crippen molar-refractivity contribution in [3.63, 3.8) is 0 Å². The van der Waals surface area contributed by atoms with Crippen LogP contribution < -0.4 is 0 Å². The Kier molecular flexibility index (Phi) is 6.09. The van der Waals surface area contributed by atoms with E-state index < -0.39 is 22.2 Å². The van der Waals surface area contributed by atoms with Crippen molar-refractivity contribution in [2.24, 2.45) is 0 Å². The molecule has 2 atom stereocenters. The minimum Gasteiger partial charge on any atom is -0.355 e. The lowest BCUT2D eigenvalue weighted by molar-refractivity contribution is 0.00553. The summed E-state index contributed by atoms with van der Waals surface area (Å²) in [7, 11) is -8.54. The number of hydrogen-bond donors (Lipinski definition) is 2. The number of phosphoric acid groups is 1. The SMILES string of the molecule is CCOCOP(=O)(O)OP(=O)(O)CC. The predicted octanol–water partition coefficient (Wildman–Crippen LogP) is 1.32. The second kappa shape index (κ2) is 5.98. The van der Waals surface area contributed by atoms with Crippen molar-refractivity contribution in [1.29, 1.82) is 0 Å². The molecule has 0 heterocycles. The molecule has 0 spiro atoms. The Morgan fingerprint density at radius 2 is 1.79 bits per heavy atom. The molecular weight excluding hydrogens is 234 g/mol. The Labute approximate surface area is 82.1 Å². The van der Waals surface area contributed by atoms with Crippen molar-refractivity contribution >= 4 is 15.4 Å². The van der Waals surface area contributed by atoms with Crippen LogP contribution in [0.1, 0.15) is 13.8 Å². The number of rotatable bonds is 7. The lowest BCUT2D eigenvalue weighted by Gasteiger charge is -2.14. The summed E-state index contributed by atoms with van der Waals surface area (Å²) in [5.74, 6) is 0. The molecule has 0 bridgehead atoms. The highest BCUT2D eigenvalue weighted by atomic mass is 31.3. The number of phosphoric ester groups is 1. The Morgan fingerprint density at radius 3 is 2.21 bits per heavy atom. The van der Waals surface area contributed by atoms with Gasteiger partial charge in [-0.3, -0.25) is 9.09 Å². The van der Waals surface area contributed by atoms with Gasteiger partial charge in [0.05, 0.1) is 0 Å². The summed E-state index contributed by atoms with van der Waals surface area (Å²) in [6, 6.07) is 0. The minimum absolute atomic E-state index is 0.268. The molecule has 0 fully saturated rings. The van der Waals surface area contributed by atoms with Crippen molar-refractivity contribution in [1.82, 2.24) is 0 Å². The summed E-state index contributed by atoms with van der Waals surface area (Å²) < 4.78 is 34.8. The van der Waals surface area contributed by atoms with Crippen molar-refractivity contribution in [3.8, 4) is 0 Å². The summed E-state index contributed by atoms with van der Waals surface area (Å²) in [5.41, 5.74) is 0. The van der Waals surface area contributed by atoms with Crippen LogP contribution in [0.25, 0.3) is 0 Å². The van der Waals surface area contributed by atoms with E-state index >= 15 is 0 Å². The molecule has 0 aromatic rings. The zero-order valence-corrected chi connectivity index (χ0v) is 9.74. The van der Waals surface area contributed by atoms with Gasteiger partial charge in [0.25, 0.3) is 0 Å². The van der Waals surface area contributed by atoms with Gasteiger partial charge in [0, 0.05) is 12.8 Å². The van der Waals surface area contributed by atoms with E-state index in [1.807, 2.05) is 0 Å². The van der Waals surface area contributed by atoms with Gasteiger partial charge in [-0.15, -0.1) is 0 Å². The first kappa shape index (κ1) is 14.3. The average molecular weight is 248 g/mol. The molecule has 14 heavy (non-hydrogen) atoms. The van der Waals surface area contributed by atoms with Crippen LogP contribution in [0.5, 0.6) is 0 Å². The van der Waals surface area contributed by atoms with E-state index in [9.17, 15) is 9.13 Å². The van der Waals surface area contributed by atoms with Gasteiger partial charge >= 0.3 is 15.4 Å². The van der Waals surface area contributed by atoms with Gasteiger partial charge in [-0.25, -0.2) is 8.88 Å². The van der Waals surface area contributed by atoms with Gasteiger partial charge in [-0.2, -0.15) is 0 Å². The standard InChI is InChI=1S/C5H14O7P2/c1-3-10-5-11-14(8,9)12-13(6,7)4-2/h3-5H2,1-2H3,(H,6,7)(H,8,9). The number of ether oxygens (including phenoxy) is 1. The first-order chi connectivity index (χ1) is 6.33. The Morgan fingerprint density at radius 1 is 1.21 bits per heavy atom. The highest BCUT2D eigenvalue weighted by molar-refractivity contribution is 7.63. The lowest BCUT2D eigenvalue weighted by Crippen LogP contribution is -2.00. The molecule has 0 saturated carbocycles. The molecule has 7 nitrogen and oxygen atoms in total. The van der Waals surface area contributed by atoms with E-state index in [-0.39, 0.29) is 6.16 Å². The quantitative estimate of drug-likeness (QED) is 0.398. The van der Waals surface area contributed by atoms with E-state index in [1.165, 1.54) is 6.92 Å². The fourth-order valence-electron chi connectivity index (χ4n) is 0.430. The smallest absolute Gasteiger partial charge is 0.355 e. The molecule has 9 heteroatoms. The first-order valence-corrected chi connectivity index (χ1v) is 7.17. The largest absolute Gasteiger partial charge is 0.481 e. The van der Waals surface area contributed by atoms with Crippen molar-refractivity contribution in [3.05, 3.63) is 0 Å². The van der Waals surface area contributed by atoms with Gasteiger partial charge in [0.2, 0.25) is 0 Å². The molecule has 2 N–H and O–H groups in total. The highest BCUT2D eigenvalue weighted by Crippen LogP contribution is 2.59. The van der Waals surface area contributed by atoms with Crippen LogP contribution in [0, 0.1) is 0 Å². The van der Waals surface area contributed by atoms with Crippen LogP contribution in [-0.4, -0.2) is 29.3 Å². The zero-order chi connectivity index (χ0) is 11.2. The number of hydrogen-bond acceptors (Lipinski definition) is 5. The third kappa shape index (κ3) is 6.68. The fourth-order valence-corrected chi connectivity index (χ4v) is 2.58. The molecule has 0 aliphatic rings. The summed E-state index contributed by atoms with van der Waals surface area (Å²) in [6.07, 6.45) is -0.268. The monoisotopic (exact) mass is 248 g/mol. The van der Waals surface area contributed by atoms with Crippen LogP contribution >= 0.6 is 15.4 Å². The van der Waals surface area contributed by atoms with E-state index in [0.717, 1.165) is 0 Å².